The molecule has 0 radical (unpaired) electrons. The van der Waals surface area contributed by atoms with Crippen molar-refractivity contribution in [2.75, 3.05) is 47.5 Å². The summed E-state index contributed by atoms with van der Waals surface area (Å²) < 4.78 is 10.0. The third kappa shape index (κ3) is 6.55. The number of amides is 2. The van der Waals surface area contributed by atoms with Gasteiger partial charge in [-0.15, -0.1) is 0 Å². The predicted molar refractivity (Wildman–Crippen MR) is 124 cm³/mol. The van der Waals surface area contributed by atoms with Gasteiger partial charge in [-0.25, -0.2) is 0 Å². The van der Waals surface area contributed by atoms with Crippen molar-refractivity contribution >= 4 is 11.8 Å². The highest BCUT2D eigenvalue weighted by Gasteiger charge is 2.36. The summed E-state index contributed by atoms with van der Waals surface area (Å²) in [5.74, 6) is 0.864. The van der Waals surface area contributed by atoms with Crippen LogP contribution in [0.5, 0.6) is 5.75 Å². The van der Waals surface area contributed by atoms with Crippen LogP contribution < -0.4 is 15.4 Å². The van der Waals surface area contributed by atoms with Crippen LogP contribution in [0.4, 0.5) is 0 Å². The number of carbonyl (C=O) groups excluding carboxylic acids is 2. The number of benzene rings is 2. The lowest BCUT2D eigenvalue weighted by atomic mass is 9.88. The van der Waals surface area contributed by atoms with Crippen molar-refractivity contribution in [2.45, 2.75) is 18.9 Å². The van der Waals surface area contributed by atoms with Gasteiger partial charge in [-0.2, -0.15) is 0 Å². The minimum atomic E-state index is -0.139. The fourth-order valence-electron chi connectivity index (χ4n) is 4.12. The number of hydrogen-bond donors (Lipinski definition) is 2. The molecule has 1 fully saturated rings. The average Bonchev–Trinajstić information content (AvgIpc) is 3.20. The zero-order valence-electron chi connectivity index (χ0n) is 19.1. The van der Waals surface area contributed by atoms with Crippen molar-refractivity contribution < 1.29 is 19.1 Å². The molecule has 0 saturated carbocycles. The summed E-state index contributed by atoms with van der Waals surface area (Å²) >= 11 is 0. The van der Waals surface area contributed by atoms with Crippen molar-refractivity contribution in [3.05, 3.63) is 65.2 Å². The fraction of sp³-hybridized carbons (Fsp3) is 0.440. The second-order valence-electron chi connectivity index (χ2n) is 8.27. The smallest absolute Gasteiger partial charge is 0.246 e. The molecule has 7 heteroatoms. The van der Waals surface area contributed by atoms with Crippen LogP contribution in [0, 0.1) is 5.92 Å². The molecule has 1 saturated heterocycles. The highest BCUT2D eigenvalue weighted by atomic mass is 16.5. The van der Waals surface area contributed by atoms with E-state index in [2.05, 4.69) is 34.7 Å². The van der Waals surface area contributed by atoms with Gasteiger partial charge in [-0.3, -0.25) is 9.59 Å². The van der Waals surface area contributed by atoms with Crippen LogP contribution in [0.25, 0.3) is 0 Å². The molecular formula is C25H33N3O4. The molecule has 0 spiro atoms. The highest BCUT2D eigenvalue weighted by molar-refractivity contribution is 5.80. The fourth-order valence-corrected chi connectivity index (χ4v) is 4.12. The number of likely N-dealkylation sites (N-methyl/N-ethyl adjacent to an activating group) is 1. The largest absolute Gasteiger partial charge is 0.497 e. The summed E-state index contributed by atoms with van der Waals surface area (Å²) in [5, 5.41) is 5.94. The third-order valence-electron chi connectivity index (χ3n) is 5.88. The molecule has 1 aliphatic heterocycles. The van der Waals surface area contributed by atoms with Crippen LogP contribution in [-0.4, -0.2) is 64.2 Å². The Labute approximate surface area is 190 Å². The Hall–Kier alpha value is -2.90. The molecule has 1 aliphatic rings. The maximum atomic E-state index is 13.0. The monoisotopic (exact) mass is 439 g/mol. The van der Waals surface area contributed by atoms with Gasteiger partial charge in [-0.1, -0.05) is 36.4 Å². The van der Waals surface area contributed by atoms with E-state index in [0.717, 1.165) is 36.4 Å². The van der Waals surface area contributed by atoms with Crippen molar-refractivity contribution in [3.63, 3.8) is 0 Å². The van der Waals surface area contributed by atoms with Crippen LogP contribution >= 0.6 is 0 Å². The topological polar surface area (TPSA) is 79.9 Å². The molecule has 3 rings (SSSR count). The third-order valence-corrected chi connectivity index (χ3v) is 5.88. The number of nitrogens with one attached hydrogen (secondary N) is 2. The molecule has 1 heterocycles. The van der Waals surface area contributed by atoms with Crippen LogP contribution in [0.3, 0.4) is 0 Å². The standard InChI is InChI=1S/C25H33N3O4/c1-28-15-22(20-8-4-19(5-9-20)14-27-24(29)17-31-2)23(16-28)25(30)26-13-12-18-6-10-21(32-3)11-7-18/h4-11,22-23H,12-17H2,1-3H3,(H,26,30)(H,27,29)/t22-,23+/m1/s1. The van der Waals surface area contributed by atoms with Gasteiger partial charge in [0.25, 0.3) is 0 Å². The van der Waals surface area contributed by atoms with Gasteiger partial charge in [0.05, 0.1) is 13.0 Å². The lowest BCUT2D eigenvalue weighted by Crippen LogP contribution is -2.35. The highest BCUT2D eigenvalue weighted by Crippen LogP contribution is 2.32. The van der Waals surface area contributed by atoms with Crippen molar-refractivity contribution in [1.82, 2.24) is 15.5 Å². The minimum Gasteiger partial charge on any atom is -0.497 e. The molecule has 2 aromatic carbocycles. The Bertz CT molecular complexity index is 883. The molecule has 2 amide bonds. The summed E-state index contributed by atoms with van der Waals surface area (Å²) in [4.78, 5) is 26.7. The van der Waals surface area contributed by atoms with E-state index in [1.165, 1.54) is 12.7 Å². The summed E-state index contributed by atoms with van der Waals surface area (Å²) in [7, 11) is 5.20. The van der Waals surface area contributed by atoms with Gasteiger partial charge in [0, 0.05) is 39.2 Å². The Morgan fingerprint density at radius 3 is 2.31 bits per heavy atom. The van der Waals surface area contributed by atoms with E-state index in [9.17, 15) is 9.59 Å². The van der Waals surface area contributed by atoms with Crippen LogP contribution in [0.15, 0.2) is 48.5 Å². The van der Waals surface area contributed by atoms with Gasteiger partial charge in [0.15, 0.2) is 0 Å². The van der Waals surface area contributed by atoms with E-state index < -0.39 is 0 Å². The summed E-state index contributed by atoms with van der Waals surface area (Å²) in [6.45, 7) is 2.72. The Morgan fingerprint density at radius 1 is 0.969 bits per heavy atom. The Balaban J connectivity index is 1.54. The predicted octanol–water partition coefficient (Wildman–Crippen LogP) is 1.96. The molecule has 2 aromatic rings. The molecular weight excluding hydrogens is 406 g/mol. The van der Waals surface area contributed by atoms with Crippen LogP contribution in [0.2, 0.25) is 0 Å². The molecule has 2 N–H and O–H groups in total. The quantitative estimate of drug-likeness (QED) is 0.592. The molecule has 2 atom stereocenters. The van der Waals surface area contributed by atoms with E-state index in [1.807, 2.05) is 36.4 Å². The van der Waals surface area contributed by atoms with E-state index in [1.54, 1.807) is 7.11 Å². The van der Waals surface area contributed by atoms with Crippen molar-refractivity contribution in [1.29, 1.82) is 0 Å². The van der Waals surface area contributed by atoms with Crippen LogP contribution in [0.1, 0.15) is 22.6 Å². The first-order chi connectivity index (χ1) is 15.5. The lowest BCUT2D eigenvalue weighted by Gasteiger charge is -2.19. The summed E-state index contributed by atoms with van der Waals surface area (Å²) in [6, 6.07) is 16.1. The zero-order valence-corrected chi connectivity index (χ0v) is 19.1. The average molecular weight is 440 g/mol. The van der Waals surface area contributed by atoms with E-state index in [4.69, 9.17) is 9.47 Å². The van der Waals surface area contributed by atoms with Crippen molar-refractivity contribution in [2.24, 2.45) is 5.92 Å². The second kappa shape index (κ2) is 11.6. The maximum Gasteiger partial charge on any atom is 0.246 e. The number of likely N-dealkylation sites (tertiary alicyclic amines) is 1. The molecule has 172 valence electrons. The second-order valence-corrected chi connectivity index (χ2v) is 8.27. The van der Waals surface area contributed by atoms with Gasteiger partial charge < -0.3 is 25.0 Å². The molecule has 32 heavy (non-hydrogen) atoms. The van der Waals surface area contributed by atoms with Crippen LogP contribution in [-0.2, 0) is 27.3 Å². The first-order valence-electron chi connectivity index (χ1n) is 10.9. The molecule has 0 bridgehead atoms. The first-order valence-corrected chi connectivity index (χ1v) is 10.9. The van der Waals surface area contributed by atoms with E-state index >= 15 is 0 Å². The number of hydrogen-bond acceptors (Lipinski definition) is 5. The minimum absolute atomic E-state index is 0.0573. The Kier molecular flexibility index (Phi) is 8.64. The van der Waals surface area contributed by atoms with Gasteiger partial charge >= 0.3 is 0 Å². The normalized spacial score (nSPS) is 18.3. The molecule has 0 aromatic heterocycles. The number of nitrogens with zero attached hydrogens (tertiary/aromatic N) is 1. The van der Waals surface area contributed by atoms with Gasteiger partial charge in [-0.05, 0) is 42.3 Å². The SMILES string of the molecule is COCC(=O)NCc1ccc([C@H]2CN(C)C[C@@H]2C(=O)NCCc2ccc(OC)cc2)cc1. The number of rotatable bonds is 10. The lowest BCUT2D eigenvalue weighted by molar-refractivity contribution is -0.125. The first kappa shape index (κ1) is 23.8. The number of carbonyl (C=O) groups is 2. The number of ether oxygens (including phenoxy) is 2. The maximum absolute atomic E-state index is 13.0. The zero-order chi connectivity index (χ0) is 22.9. The molecule has 0 aliphatic carbocycles. The Morgan fingerprint density at radius 2 is 1.66 bits per heavy atom. The van der Waals surface area contributed by atoms with Crippen molar-refractivity contribution in [3.8, 4) is 5.75 Å². The number of methoxy groups -OCH3 is 2. The van der Waals surface area contributed by atoms with Gasteiger partial charge in [0.2, 0.25) is 11.8 Å². The van der Waals surface area contributed by atoms with E-state index in [-0.39, 0.29) is 30.3 Å². The summed E-state index contributed by atoms with van der Waals surface area (Å²) in [6.07, 6.45) is 0.784. The molecule has 0 unspecified atom stereocenters. The van der Waals surface area contributed by atoms with E-state index in [0.29, 0.717) is 13.1 Å². The molecule has 7 nitrogen and oxygen atoms in total. The van der Waals surface area contributed by atoms with Gasteiger partial charge in [0.1, 0.15) is 12.4 Å². The summed E-state index contributed by atoms with van der Waals surface area (Å²) in [5.41, 5.74) is 3.33.